The highest BCUT2D eigenvalue weighted by atomic mass is 16.4. The molecule has 0 atom stereocenters. The Labute approximate surface area is 160 Å². The van der Waals surface area contributed by atoms with E-state index in [9.17, 15) is 14.7 Å². The fraction of sp³-hybridized carbons (Fsp3) is 0.0455. The van der Waals surface area contributed by atoms with E-state index in [1.165, 1.54) is 4.57 Å². The quantitative estimate of drug-likeness (QED) is 0.595. The van der Waals surface area contributed by atoms with E-state index in [1.807, 2.05) is 30.3 Å². The zero-order valence-electron chi connectivity index (χ0n) is 15.1. The molecule has 0 radical (unpaired) electrons. The number of hydrogen-bond donors (Lipinski definition) is 1. The maximum atomic E-state index is 12.2. The van der Waals surface area contributed by atoms with Gasteiger partial charge < -0.3 is 9.67 Å². The number of para-hydroxylation sites is 1. The summed E-state index contributed by atoms with van der Waals surface area (Å²) in [7, 11) is 1.70. The molecule has 0 unspecified atom stereocenters. The Bertz CT molecular complexity index is 1220. The van der Waals surface area contributed by atoms with E-state index in [-0.39, 0.29) is 11.1 Å². The lowest BCUT2D eigenvalue weighted by Gasteiger charge is -2.10. The monoisotopic (exact) mass is 371 g/mol. The van der Waals surface area contributed by atoms with E-state index >= 15 is 0 Å². The molecule has 1 N–H and O–H groups in total. The minimum Gasteiger partial charge on any atom is -0.478 e. The molecule has 6 heteroatoms. The summed E-state index contributed by atoms with van der Waals surface area (Å²) in [6.07, 6.45) is 5.22. The normalized spacial score (nSPS) is 10.8. The van der Waals surface area contributed by atoms with Crippen molar-refractivity contribution in [1.82, 2.24) is 14.3 Å². The molecule has 28 heavy (non-hydrogen) atoms. The van der Waals surface area contributed by atoms with Crippen molar-refractivity contribution in [1.29, 1.82) is 0 Å². The summed E-state index contributed by atoms with van der Waals surface area (Å²) in [6, 6.07) is 18.0. The van der Waals surface area contributed by atoms with Gasteiger partial charge in [-0.3, -0.25) is 4.79 Å². The SMILES string of the molecule is Cn1cc(-c2cnn(-c3ccccc3C(=O)O)c2)c(-c2ccccc2)cc1=O. The molecule has 0 aliphatic rings. The van der Waals surface area contributed by atoms with Gasteiger partial charge in [0.1, 0.15) is 0 Å². The lowest BCUT2D eigenvalue weighted by atomic mass is 9.98. The van der Waals surface area contributed by atoms with Crippen molar-refractivity contribution < 1.29 is 9.90 Å². The molecule has 0 aliphatic carbocycles. The fourth-order valence-electron chi connectivity index (χ4n) is 3.16. The van der Waals surface area contributed by atoms with Gasteiger partial charge in [0.2, 0.25) is 0 Å². The second-order valence-corrected chi connectivity index (χ2v) is 6.41. The van der Waals surface area contributed by atoms with Crippen molar-refractivity contribution in [2.75, 3.05) is 0 Å². The number of rotatable bonds is 4. The molecule has 0 aliphatic heterocycles. The van der Waals surface area contributed by atoms with Crippen LogP contribution < -0.4 is 5.56 Å². The largest absolute Gasteiger partial charge is 0.478 e. The summed E-state index contributed by atoms with van der Waals surface area (Å²) in [5.41, 5.74) is 3.89. The second kappa shape index (κ2) is 7.00. The number of carboxylic acids is 1. The average Bonchev–Trinajstić information content (AvgIpc) is 3.20. The van der Waals surface area contributed by atoms with Crippen LogP contribution in [0.3, 0.4) is 0 Å². The lowest BCUT2D eigenvalue weighted by Crippen LogP contribution is -2.15. The number of carboxylic acid groups (broad SMARTS) is 1. The zero-order valence-corrected chi connectivity index (χ0v) is 15.1. The van der Waals surface area contributed by atoms with Gasteiger partial charge in [-0.25, -0.2) is 9.48 Å². The minimum atomic E-state index is -1.01. The van der Waals surface area contributed by atoms with Gasteiger partial charge in [0.05, 0.1) is 17.4 Å². The number of carbonyl (C=O) groups is 1. The number of aromatic nitrogens is 3. The number of hydrogen-bond acceptors (Lipinski definition) is 3. The van der Waals surface area contributed by atoms with Crippen molar-refractivity contribution in [2.45, 2.75) is 0 Å². The van der Waals surface area contributed by atoms with E-state index in [1.54, 1.807) is 60.7 Å². The first-order valence-corrected chi connectivity index (χ1v) is 8.68. The molecule has 0 amide bonds. The molecule has 2 heterocycles. The Hall–Kier alpha value is -3.93. The molecule has 2 aromatic heterocycles. The van der Waals surface area contributed by atoms with Crippen molar-refractivity contribution in [2.24, 2.45) is 7.05 Å². The van der Waals surface area contributed by atoms with Gasteiger partial charge in [0.25, 0.3) is 5.56 Å². The third-order valence-corrected chi connectivity index (χ3v) is 4.59. The van der Waals surface area contributed by atoms with E-state index < -0.39 is 5.97 Å². The molecule has 4 rings (SSSR count). The number of pyridine rings is 1. The Morgan fingerprint density at radius 2 is 1.64 bits per heavy atom. The minimum absolute atomic E-state index is 0.105. The van der Waals surface area contributed by atoms with Crippen molar-refractivity contribution >= 4 is 5.97 Å². The summed E-state index contributed by atoms with van der Waals surface area (Å²) < 4.78 is 3.06. The third kappa shape index (κ3) is 3.12. The van der Waals surface area contributed by atoms with Crippen LogP contribution >= 0.6 is 0 Å². The van der Waals surface area contributed by atoms with Gasteiger partial charge >= 0.3 is 5.97 Å². The van der Waals surface area contributed by atoms with Crippen molar-refractivity contribution in [3.8, 4) is 27.9 Å². The Morgan fingerprint density at radius 3 is 2.39 bits per heavy atom. The zero-order chi connectivity index (χ0) is 19.7. The first-order valence-electron chi connectivity index (χ1n) is 8.68. The van der Waals surface area contributed by atoms with Gasteiger partial charge in [-0.05, 0) is 23.3 Å². The van der Waals surface area contributed by atoms with Crippen LogP contribution in [0.1, 0.15) is 10.4 Å². The number of benzene rings is 2. The highest BCUT2D eigenvalue weighted by Gasteiger charge is 2.15. The van der Waals surface area contributed by atoms with Crippen LogP contribution in [0.5, 0.6) is 0 Å². The van der Waals surface area contributed by atoms with Crippen LogP contribution in [0.2, 0.25) is 0 Å². The molecule has 0 saturated heterocycles. The van der Waals surface area contributed by atoms with Gasteiger partial charge in [0.15, 0.2) is 0 Å². The van der Waals surface area contributed by atoms with Crippen LogP contribution in [-0.4, -0.2) is 25.4 Å². The van der Waals surface area contributed by atoms with Gasteiger partial charge in [-0.2, -0.15) is 5.10 Å². The standard InChI is InChI=1S/C22H17N3O3/c1-24-14-19(18(11-21(24)26)15-7-3-2-4-8-15)16-12-23-25(13-16)20-10-6-5-9-17(20)22(27)28/h2-14H,1H3,(H,27,28). The highest BCUT2D eigenvalue weighted by molar-refractivity contribution is 5.92. The number of aryl methyl sites for hydroxylation is 1. The van der Waals surface area contributed by atoms with Crippen LogP contribution in [0, 0.1) is 0 Å². The summed E-state index contributed by atoms with van der Waals surface area (Å²) >= 11 is 0. The Balaban J connectivity index is 1.88. The molecule has 0 spiro atoms. The predicted octanol–water partition coefficient (Wildman–Crippen LogP) is 3.60. The summed E-state index contributed by atoms with van der Waals surface area (Å²) in [6.45, 7) is 0. The number of aromatic carboxylic acids is 1. The molecule has 2 aromatic carbocycles. The molecule has 0 saturated carbocycles. The summed E-state index contributed by atoms with van der Waals surface area (Å²) in [4.78, 5) is 23.7. The Morgan fingerprint density at radius 1 is 0.929 bits per heavy atom. The van der Waals surface area contributed by atoms with Crippen LogP contribution in [0.25, 0.3) is 27.9 Å². The van der Waals surface area contributed by atoms with Crippen LogP contribution in [-0.2, 0) is 7.05 Å². The highest BCUT2D eigenvalue weighted by Crippen LogP contribution is 2.31. The fourth-order valence-corrected chi connectivity index (χ4v) is 3.16. The lowest BCUT2D eigenvalue weighted by molar-refractivity contribution is 0.0696. The Kier molecular flexibility index (Phi) is 4.37. The smallest absolute Gasteiger partial charge is 0.337 e. The van der Waals surface area contributed by atoms with E-state index in [0.717, 1.165) is 22.3 Å². The second-order valence-electron chi connectivity index (χ2n) is 6.41. The topological polar surface area (TPSA) is 77.1 Å². The van der Waals surface area contributed by atoms with Gasteiger partial charge in [-0.15, -0.1) is 0 Å². The molecule has 6 nitrogen and oxygen atoms in total. The van der Waals surface area contributed by atoms with Gasteiger partial charge in [0, 0.05) is 36.6 Å². The molecular formula is C22H17N3O3. The summed E-state index contributed by atoms with van der Waals surface area (Å²) in [5, 5.41) is 13.8. The van der Waals surface area contributed by atoms with Crippen LogP contribution in [0.15, 0.2) is 84.0 Å². The summed E-state index contributed by atoms with van der Waals surface area (Å²) in [5.74, 6) is -1.01. The molecular weight excluding hydrogens is 354 g/mol. The van der Waals surface area contributed by atoms with Crippen LogP contribution in [0.4, 0.5) is 0 Å². The molecule has 4 aromatic rings. The predicted molar refractivity (Wildman–Crippen MR) is 107 cm³/mol. The molecule has 0 bridgehead atoms. The van der Waals surface area contributed by atoms with E-state index in [2.05, 4.69) is 5.10 Å². The maximum absolute atomic E-state index is 12.2. The maximum Gasteiger partial charge on any atom is 0.337 e. The number of nitrogens with zero attached hydrogens (tertiary/aromatic N) is 3. The molecule has 138 valence electrons. The van der Waals surface area contributed by atoms with E-state index in [0.29, 0.717) is 5.69 Å². The average molecular weight is 371 g/mol. The third-order valence-electron chi connectivity index (χ3n) is 4.59. The van der Waals surface area contributed by atoms with Gasteiger partial charge in [-0.1, -0.05) is 42.5 Å². The first kappa shape index (κ1) is 17.5. The van der Waals surface area contributed by atoms with Crippen molar-refractivity contribution in [3.05, 3.63) is 95.2 Å². The van der Waals surface area contributed by atoms with E-state index in [4.69, 9.17) is 0 Å². The first-order chi connectivity index (χ1) is 13.5. The molecule has 0 fully saturated rings. The van der Waals surface area contributed by atoms with Crippen molar-refractivity contribution in [3.63, 3.8) is 0 Å².